The van der Waals surface area contributed by atoms with Crippen molar-refractivity contribution in [2.45, 2.75) is 66.0 Å². The summed E-state index contributed by atoms with van der Waals surface area (Å²) in [6.07, 6.45) is 9.79. The van der Waals surface area contributed by atoms with Crippen LogP contribution in [0, 0.1) is 17.8 Å². The van der Waals surface area contributed by atoms with E-state index in [-0.39, 0.29) is 0 Å². The molecule has 2 rings (SSSR count). The molecular formula is C17H31N3. The predicted octanol–water partition coefficient (Wildman–Crippen LogP) is 4.02. The van der Waals surface area contributed by atoms with Gasteiger partial charge in [-0.2, -0.15) is 5.10 Å². The van der Waals surface area contributed by atoms with Crippen molar-refractivity contribution in [1.29, 1.82) is 0 Å². The molecule has 1 unspecified atom stereocenters. The van der Waals surface area contributed by atoms with Crippen LogP contribution in [0.25, 0.3) is 0 Å². The van der Waals surface area contributed by atoms with Gasteiger partial charge in [0.1, 0.15) is 0 Å². The highest BCUT2D eigenvalue weighted by atomic mass is 15.3. The van der Waals surface area contributed by atoms with Crippen molar-refractivity contribution in [3.63, 3.8) is 0 Å². The maximum Gasteiger partial charge on any atom is 0.0537 e. The van der Waals surface area contributed by atoms with Crippen LogP contribution < -0.4 is 5.32 Å². The molecule has 0 aromatic carbocycles. The van der Waals surface area contributed by atoms with Crippen LogP contribution in [0.3, 0.4) is 0 Å². The molecule has 1 N–H and O–H groups in total. The van der Waals surface area contributed by atoms with E-state index < -0.39 is 0 Å². The number of nitrogens with zero attached hydrogens (tertiary/aromatic N) is 2. The molecule has 0 spiro atoms. The highest BCUT2D eigenvalue weighted by Crippen LogP contribution is 2.39. The molecule has 1 heterocycles. The molecule has 1 aliphatic carbocycles. The fraction of sp³-hybridized carbons (Fsp3) is 0.824. The fourth-order valence-corrected chi connectivity index (χ4v) is 3.63. The Bertz CT molecular complexity index is 389. The van der Waals surface area contributed by atoms with Gasteiger partial charge >= 0.3 is 0 Å². The highest BCUT2D eigenvalue weighted by Gasteiger charge is 2.29. The monoisotopic (exact) mass is 277 g/mol. The predicted molar refractivity (Wildman–Crippen MR) is 84.6 cm³/mol. The first-order valence-electron chi connectivity index (χ1n) is 8.41. The van der Waals surface area contributed by atoms with Gasteiger partial charge in [0.25, 0.3) is 0 Å². The van der Waals surface area contributed by atoms with E-state index >= 15 is 0 Å². The summed E-state index contributed by atoms with van der Waals surface area (Å²) in [6, 6.07) is 0.494. The lowest BCUT2D eigenvalue weighted by Crippen LogP contribution is -2.31. The zero-order valence-electron chi connectivity index (χ0n) is 13.6. The minimum Gasteiger partial charge on any atom is -0.310 e. The van der Waals surface area contributed by atoms with Gasteiger partial charge in [0.15, 0.2) is 0 Å². The van der Waals surface area contributed by atoms with Crippen molar-refractivity contribution in [2.75, 3.05) is 6.54 Å². The Balaban J connectivity index is 2.02. The van der Waals surface area contributed by atoms with Crippen LogP contribution in [-0.4, -0.2) is 16.3 Å². The van der Waals surface area contributed by atoms with E-state index in [1.165, 1.54) is 31.2 Å². The van der Waals surface area contributed by atoms with Gasteiger partial charge in [-0.1, -0.05) is 20.8 Å². The quantitative estimate of drug-likeness (QED) is 0.851. The molecular weight excluding hydrogens is 246 g/mol. The second kappa shape index (κ2) is 7.26. The largest absolute Gasteiger partial charge is 0.310 e. The molecule has 0 bridgehead atoms. The topological polar surface area (TPSA) is 29.9 Å². The van der Waals surface area contributed by atoms with Gasteiger partial charge in [-0.05, 0) is 56.9 Å². The molecule has 3 nitrogen and oxygen atoms in total. The minimum absolute atomic E-state index is 0.494. The van der Waals surface area contributed by atoms with Gasteiger partial charge < -0.3 is 5.32 Å². The number of rotatable bonds is 6. The van der Waals surface area contributed by atoms with Crippen molar-refractivity contribution in [3.8, 4) is 0 Å². The summed E-state index contributed by atoms with van der Waals surface area (Å²) < 4.78 is 2.04. The Morgan fingerprint density at radius 1 is 1.20 bits per heavy atom. The third-order valence-electron chi connectivity index (χ3n) is 4.99. The summed E-state index contributed by atoms with van der Waals surface area (Å²) in [6.45, 7) is 11.1. The average Bonchev–Trinajstić information content (AvgIpc) is 2.93. The summed E-state index contributed by atoms with van der Waals surface area (Å²) >= 11 is 0. The van der Waals surface area contributed by atoms with Crippen molar-refractivity contribution in [3.05, 3.63) is 18.0 Å². The van der Waals surface area contributed by atoms with Gasteiger partial charge in [-0.15, -0.1) is 0 Å². The molecule has 1 saturated carbocycles. The lowest BCUT2D eigenvalue weighted by Gasteiger charge is -2.35. The van der Waals surface area contributed by atoms with E-state index in [1.54, 1.807) is 0 Å². The Morgan fingerprint density at radius 3 is 2.35 bits per heavy atom. The van der Waals surface area contributed by atoms with Crippen LogP contribution in [0.2, 0.25) is 0 Å². The van der Waals surface area contributed by atoms with E-state index in [1.807, 2.05) is 4.68 Å². The average molecular weight is 277 g/mol. The van der Waals surface area contributed by atoms with Crippen molar-refractivity contribution >= 4 is 0 Å². The van der Waals surface area contributed by atoms with Crippen LogP contribution in [0.15, 0.2) is 12.4 Å². The fourth-order valence-electron chi connectivity index (χ4n) is 3.63. The normalized spacial score (nSPS) is 25.1. The SMILES string of the molecule is CCNC(c1cnn(CC)c1)C1CCC(C(C)C)CC1. The third-order valence-corrected chi connectivity index (χ3v) is 4.99. The molecule has 20 heavy (non-hydrogen) atoms. The maximum atomic E-state index is 4.45. The molecule has 0 amide bonds. The first-order chi connectivity index (χ1) is 9.65. The summed E-state index contributed by atoms with van der Waals surface area (Å²) in [5, 5.41) is 8.15. The smallest absolute Gasteiger partial charge is 0.0537 e. The second-order valence-electron chi connectivity index (χ2n) is 6.58. The zero-order chi connectivity index (χ0) is 14.5. The lowest BCUT2D eigenvalue weighted by molar-refractivity contribution is 0.190. The second-order valence-corrected chi connectivity index (χ2v) is 6.58. The molecule has 0 saturated heterocycles. The van der Waals surface area contributed by atoms with Gasteiger partial charge in [-0.3, -0.25) is 4.68 Å². The Kier molecular flexibility index (Phi) is 5.64. The number of hydrogen-bond donors (Lipinski definition) is 1. The number of hydrogen-bond acceptors (Lipinski definition) is 2. The molecule has 1 fully saturated rings. The zero-order valence-corrected chi connectivity index (χ0v) is 13.6. The Labute approximate surface area is 124 Å². The molecule has 3 heteroatoms. The summed E-state index contributed by atoms with van der Waals surface area (Å²) in [7, 11) is 0. The van der Waals surface area contributed by atoms with E-state index in [9.17, 15) is 0 Å². The molecule has 0 aliphatic heterocycles. The van der Waals surface area contributed by atoms with Gasteiger partial charge in [-0.25, -0.2) is 0 Å². The molecule has 0 radical (unpaired) electrons. The van der Waals surface area contributed by atoms with Crippen LogP contribution in [0.4, 0.5) is 0 Å². The van der Waals surface area contributed by atoms with Gasteiger partial charge in [0.05, 0.1) is 6.20 Å². The minimum atomic E-state index is 0.494. The van der Waals surface area contributed by atoms with Crippen LogP contribution >= 0.6 is 0 Å². The molecule has 1 aliphatic rings. The summed E-state index contributed by atoms with van der Waals surface area (Å²) in [5.74, 6) is 2.56. The molecule has 1 aromatic rings. The number of nitrogens with one attached hydrogen (secondary N) is 1. The maximum absolute atomic E-state index is 4.45. The van der Waals surface area contributed by atoms with E-state index in [4.69, 9.17) is 0 Å². The van der Waals surface area contributed by atoms with Crippen molar-refractivity contribution in [1.82, 2.24) is 15.1 Å². The molecule has 1 atom stereocenters. The number of aromatic nitrogens is 2. The standard InChI is InChI=1S/C17H31N3/c1-5-18-17(16-11-19-20(6-2)12-16)15-9-7-14(8-10-15)13(3)4/h11-15,17-18H,5-10H2,1-4H3. The first kappa shape index (κ1) is 15.6. The lowest BCUT2D eigenvalue weighted by atomic mass is 9.73. The summed E-state index contributed by atoms with van der Waals surface area (Å²) in [5.41, 5.74) is 1.38. The van der Waals surface area contributed by atoms with Crippen molar-refractivity contribution < 1.29 is 0 Å². The van der Waals surface area contributed by atoms with E-state index in [0.29, 0.717) is 6.04 Å². The van der Waals surface area contributed by atoms with Gasteiger partial charge in [0, 0.05) is 24.3 Å². The summed E-state index contributed by atoms with van der Waals surface area (Å²) in [4.78, 5) is 0. The van der Waals surface area contributed by atoms with E-state index in [0.717, 1.165) is 30.8 Å². The Morgan fingerprint density at radius 2 is 1.85 bits per heavy atom. The van der Waals surface area contributed by atoms with Crippen molar-refractivity contribution in [2.24, 2.45) is 17.8 Å². The van der Waals surface area contributed by atoms with E-state index in [2.05, 4.69) is 50.5 Å². The van der Waals surface area contributed by atoms with Crippen LogP contribution in [0.5, 0.6) is 0 Å². The third kappa shape index (κ3) is 3.63. The first-order valence-corrected chi connectivity index (χ1v) is 8.41. The highest BCUT2D eigenvalue weighted by molar-refractivity contribution is 5.12. The Hall–Kier alpha value is -0.830. The van der Waals surface area contributed by atoms with Crippen LogP contribution in [-0.2, 0) is 6.54 Å². The molecule has 1 aromatic heterocycles. The molecule has 114 valence electrons. The number of aryl methyl sites for hydroxylation is 1. The van der Waals surface area contributed by atoms with Gasteiger partial charge in [0.2, 0.25) is 0 Å². The van der Waals surface area contributed by atoms with Crippen LogP contribution in [0.1, 0.15) is 65.0 Å².